The standard InChI is InChI=1S/C15H22N2O3/c1-15(2,3)20-14(19)11-17(10-13(16)18)9-12-7-5-4-6-8-12/h4-8H,9-11H2,1-3H3,(H2,16,18). The zero-order valence-electron chi connectivity index (χ0n) is 12.3. The first kappa shape index (κ1) is 16.2. The first-order valence-corrected chi connectivity index (χ1v) is 6.53. The summed E-state index contributed by atoms with van der Waals surface area (Å²) in [6, 6.07) is 9.60. The molecule has 5 heteroatoms. The lowest BCUT2D eigenvalue weighted by atomic mass is 10.2. The molecule has 0 bridgehead atoms. The third-order valence-electron chi connectivity index (χ3n) is 2.40. The van der Waals surface area contributed by atoms with Crippen LogP contribution in [0.1, 0.15) is 26.3 Å². The third kappa shape index (κ3) is 6.89. The minimum absolute atomic E-state index is 0.0220. The number of nitrogens with two attached hydrogens (primary N) is 1. The monoisotopic (exact) mass is 278 g/mol. The number of ether oxygens (including phenoxy) is 1. The molecule has 0 saturated heterocycles. The van der Waals surface area contributed by atoms with Crippen molar-refractivity contribution in [2.45, 2.75) is 32.9 Å². The zero-order chi connectivity index (χ0) is 15.2. The lowest BCUT2D eigenvalue weighted by Gasteiger charge is -2.24. The van der Waals surface area contributed by atoms with Crippen LogP contribution in [-0.4, -0.2) is 35.5 Å². The Morgan fingerprint density at radius 1 is 1.15 bits per heavy atom. The summed E-state index contributed by atoms with van der Waals surface area (Å²) in [6.07, 6.45) is 0. The first-order chi connectivity index (χ1) is 9.26. The van der Waals surface area contributed by atoms with Crippen molar-refractivity contribution in [2.24, 2.45) is 5.73 Å². The van der Waals surface area contributed by atoms with Crippen molar-refractivity contribution in [3.05, 3.63) is 35.9 Å². The van der Waals surface area contributed by atoms with Gasteiger partial charge in [0.1, 0.15) is 5.60 Å². The molecule has 1 rings (SSSR count). The highest BCUT2D eigenvalue weighted by atomic mass is 16.6. The lowest BCUT2D eigenvalue weighted by Crippen LogP contribution is -2.39. The molecule has 1 amide bonds. The second-order valence-corrected chi connectivity index (χ2v) is 5.68. The van der Waals surface area contributed by atoms with Crippen molar-refractivity contribution >= 4 is 11.9 Å². The molecule has 110 valence electrons. The van der Waals surface area contributed by atoms with Crippen molar-refractivity contribution in [3.8, 4) is 0 Å². The van der Waals surface area contributed by atoms with Gasteiger partial charge in [-0.15, -0.1) is 0 Å². The van der Waals surface area contributed by atoms with Gasteiger partial charge in [-0.25, -0.2) is 0 Å². The molecule has 0 saturated carbocycles. The van der Waals surface area contributed by atoms with E-state index in [1.807, 2.05) is 30.3 Å². The summed E-state index contributed by atoms with van der Waals surface area (Å²) in [5, 5.41) is 0. The van der Waals surface area contributed by atoms with Crippen molar-refractivity contribution in [2.75, 3.05) is 13.1 Å². The Balaban J connectivity index is 2.65. The average molecular weight is 278 g/mol. The van der Waals surface area contributed by atoms with Crippen LogP contribution in [0.4, 0.5) is 0 Å². The van der Waals surface area contributed by atoms with Crippen LogP contribution in [0.3, 0.4) is 0 Å². The van der Waals surface area contributed by atoms with Gasteiger partial charge in [-0.3, -0.25) is 14.5 Å². The highest BCUT2D eigenvalue weighted by Gasteiger charge is 2.20. The zero-order valence-corrected chi connectivity index (χ0v) is 12.3. The summed E-state index contributed by atoms with van der Waals surface area (Å²) in [4.78, 5) is 24.6. The molecule has 2 N–H and O–H groups in total. The van der Waals surface area contributed by atoms with E-state index in [4.69, 9.17) is 10.5 Å². The first-order valence-electron chi connectivity index (χ1n) is 6.53. The maximum Gasteiger partial charge on any atom is 0.320 e. The van der Waals surface area contributed by atoms with Crippen LogP contribution in [0.5, 0.6) is 0 Å². The summed E-state index contributed by atoms with van der Waals surface area (Å²) < 4.78 is 5.25. The number of nitrogens with zero attached hydrogens (tertiary/aromatic N) is 1. The Morgan fingerprint density at radius 2 is 1.75 bits per heavy atom. The van der Waals surface area contributed by atoms with Gasteiger partial charge in [0.05, 0.1) is 13.1 Å². The molecule has 0 spiro atoms. The molecular weight excluding hydrogens is 256 g/mol. The van der Waals surface area contributed by atoms with Gasteiger partial charge < -0.3 is 10.5 Å². The maximum absolute atomic E-state index is 11.8. The molecule has 0 fully saturated rings. The molecule has 0 heterocycles. The number of rotatable bonds is 6. The second-order valence-electron chi connectivity index (χ2n) is 5.68. The van der Waals surface area contributed by atoms with Crippen LogP contribution in [0.2, 0.25) is 0 Å². The largest absolute Gasteiger partial charge is 0.459 e. The minimum atomic E-state index is -0.539. The van der Waals surface area contributed by atoms with E-state index in [2.05, 4.69) is 0 Å². The number of carbonyl (C=O) groups excluding carboxylic acids is 2. The third-order valence-corrected chi connectivity index (χ3v) is 2.40. The van der Waals surface area contributed by atoms with E-state index < -0.39 is 11.5 Å². The van der Waals surface area contributed by atoms with Gasteiger partial charge in [-0.1, -0.05) is 30.3 Å². The second kappa shape index (κ2) is 7.05. The van der Waals surface area contributed by atoms with Crippen molar-refractivity contribution in [1.82, 2.24) is 4.90 Å². The lowest BCUT2D eigenvalue weighted by molar-refractivity contribution is -0.156. The molecule has 0 aliphatic carbocycles. The van der Waals surface area contributed by atoms with Crippen LogP contribution < -0.4 is 5.73 Å². The van der Waals surface area contributed by atoms with Crippen LogP contribution in [0, 0.1) is 0 Å². The summed E-state index contributed by atoms with van der Waals surface area (Å²) in [7, 11) is 0. The highest BCUT2D eigenvalue weighted by Crippen LogP contribution is 2.09. The molecule has 0 unspecified atom stereocenters. The molecule has 1 aromatic carbocycles. The SMILES string of the molecule is CC(C)(C)OC(=O)CN(CC(N)=O)Cc1ccccc1. The quantitative estimate of drug-likeness (QED) is 0.796. The number of amides is 1. The van der Waals surface area contributed by atoms with Gasteiger partial charge in [0, 0.05) is 6.54 Å². The molecule has 20 heavy (non-hydrogen) atoms. The Kier molecular flexibility index (Phi) is 5.70. The van der Waals surface area contributed by atoms with E-state index >= 15 is 0 Å². The van der Waals surface area contributed by atoms with Gasteiger partial charge in [0.15, 0.2) is 0 Å². The fraction of sp³-hybridized carbons (Fsp3) is 0.467. The Labute approximate surface area is 119 Å². The van der Waals surface area contributed by atoms with Crippen molar-refractivity contribution in [3.63, 3.8) is 0 Å². The number of hydrogen-bond acceptors (Lipinski definition) is 4. The van der Waals surface area contributed by atoms with Gasteiger partial charge >= 0.3 is 5.97 Å². The van der Waals surface area contributed by atoms with E-state index in [-0.39, 0.29) is 19.1 Å². The molecule has 0 aromatic heterocycles. The topological polar surface area (TPSA) is 72.6 Å². The minimum Gasteiger partial charge on any atom is -0.459 e. The fourth-order valence-electron chi connectivity index (χ4n) is 1.79. The molecular formula is C15H22N2O3. The average Bonchev–Trinajstić information content (AvgIpc) is 2.26. The Bertz CT molecular complexity index is 452. The number of hydrogen-bond donors (Lipinski definition) is 1. The predicted octanol–water partition coefficient (Wildman–Crippen LogP) is 1.32. The van der Waals surface area contributed by atoms with Crippen LogP contribution >= 0.6 is 0 Å². The van der Waals surface area contributed by atoms with Crippen LogP contribution in [-0.2, 0) is 20.9 Å². The van der Waals surface area contributed by atoms with E-state index in [1.54, 1.807) is 25.7 Å². The Morgan fingerprint density at radius 3 is 2.25 bits per heavy atom. The van der Waals surface area contributed by atoms with E-state index in [0.29, 0.717) is 6.54 Å². The summed E-state index contributed by atoms with van der Waals surface area (Å²) in [5.41, 5.74) is 5.69. The molecule has 1 aromatic rings. The predicted molar refractivity (Wildman–Crippen MR) is 76.8 cm³/mol. The van der Waals surface area contributed by atoms with Gasteiger partial charge in [0.2, 0.25) is 5.91 Å². The smallest absolute Gasteiger partial charge is 0.320 e. The molecule has 5 nitrogen and oxygen atoms in total. The van der Waals surface area contributed by atoms with E-state index in [9.17, 15) is 9.59 Å². The Hall–Kier alpha value is -1.88. The van der Waals surface area contributed by atoms with E-state index in [1.165, 1.54) is 0 Å². The molecule has 0 radical (unpaired) electrons. The van der Waals surface area contributed by atoms with Crippen molar-refractivity contribution < 1.29 is 14.3 Å². The van der Waals surface area contributed by atoms with Gasteiger partial charge in [-0.2, -0.15) is 0 Å². The van der Waals surface area contributed by atoms with Crippen LogP contribution in [0.15, 0.2) is 30.3 Å². The van der Waals surface area contributed by atoms with E-state index in [0.717, 1.165) is 5.56 Å². The van der Waals surface area contributed by atoms with Gasteiger partial charge in [-0.05, 0) is 26.3 Å². The highest BCUT2D eigenvalue weighted by molar-refractivity contribution is 5.77. The van der Waals surface area contributed by atoms with Crippen LogP contribution in [0.25, 0.3) is 0 Å². The molecule has 0 aliphatic rings. The number of benzene rings is 1. The number of carbonyl (C=O) groups is 2. The summed E-state index contributed by atoms with van der Waals surface area (Å²) in [6.45, 7) is 5.95. The van der Waals surface area contributed by atoms with Gasteiger partial charge in [0.25, 0.3) is 0 Å². The number of primary amides is 1. The fourth-order valence-corrected chi connectivity index (χ4v) is 1.79. The summed E-state index contributed by atoms with van der Waals surface area (Å²) >= 11 is 0. The summed E-state index contributed by atoms with van der Waals surface area (Å²) in [5.74, 6) is -0.834. The van der Waals surface area contributed by atoms with Crippen molar-refractivity contribution in [1.29, 1.82) is 0 Å². The number of esters is 1. The molecule has 0 aliphatic heterocycles. The maximum atomic E-state index is 11.8. The normalized spacial score (nSPS) is 11.4. The molecule has 0 atom stereocenters.